The average molecular weight is 502 g/mol. The molecule has 32 heavy (non-hydrogen) atoms. The minimum Gasteiger partial charge on any atom is -0.481 e. The van der Waals surface area contributed by atoms with Crippen LogP contribution in [0.1, 0.15) is 62.7 Å². The predicted octanol–water partition coefficient (Wildman–Crippen LogP) is 6.23. The van der Waals surface area contributed by atoms with E-state index in [0.717, 1.165) is 42.9 Å². The van der Waals surface area contributed by atoms with Crippen molar-refractivity contribution < 1.29 is 20.1 Å². The molecule has 0 aromatic carbocycles. The molecule has 4 nitrogen and oxygen atoms in total. The van der Waals surface area contributed by atoms with Crippen LogP contribution < -0.4 is 0 Å². The van der Waals surface area contributed by atoms with Gasteiger partial charge in [0.25, 0.3) is 0 Å². The van der Waals surface area contributed by atoms with Crippen LogP contribution in [0.3, 0.4) is 0 Å². The highest BCUT2D eigenvalue weighted by Crippen LogP contribution is 2.49. The maximum Gasteiger partial charge on any atom is 0.303 e. The summed E-state index contributed by atoms with van der Waals surface area (Å²) >= 11 is 14.2. The van der Waals surface area contributed by atoms with Gasteiger partial charge in [-0.05, 0) is 69.4 Å². The fraction of sp³-hybridized carbons (Fsp3) is 0.640. The van der Waals surface area contributed by atoms with E-state index in [9.17, 15) is 15.0 Å². The van der Waals surface area contributed by atoms with Gasteiger partial charge in [-0.25, -0.2) is 0 Å². The van der Waals surface area contributed by atoms with Crippen LogP contribution >= 0.6 is 34.5 Å². The molecule has 0 saturated heterocycles. The lowest BCUT2D eigenvalue weighted by molar-refractivity contribution is -0.137. The molecule has 1 heterocycles. The van der Waals surface area contributed by atoms with Gasteiger partial charge in [-0.15, -0.1) is 22.9 Å². The van der Waals surface area contributed by atoms with Gasteiger partial charge in [0.05, 0.1) is 16.5 Å². The molecule has 2 saturated carbocycles. The van der Waals surface area contributed by atoms with Crippen molar-refractivity contribution in [1.82, 2.24) is 0 Å². The monoisotopic (exact) mass is 500 g/mol. The predicted molar refractivity (Wildman–Crippen MR) is 132 cm³/mol. The van der Waals surface area contributed by atoms with Crippen molar-refractivity contribution in [2.45, 2.75) is 81.8 Å². The number of aliphatic hydroxyl groups excluding tert-OH is 2. The van der Waals surface area contributed by atoms with Gasteiger partial charge in [0.1, 0.15) is 0 Å². The van der Waals surface area contributed by atoms with Crippen molar-refractivity contribution in [3.05, 3.63) is 45.7 Å². The molecule has 3 rings (SSSR count). The summed E-state index contributed by atoms with van der Waals surface area (Å²) in [4.78, 5) is 11.8. The maximum absolute atomic E-state index is 11.0. The first-order valence-corrected chi connectivity index (χ1v) is 13.2. The van der Waals surface area contributed by atoms with Gasteiger partial charge in [-0.1, -0.05) is 42.3 Å². The van der Waals surface area contributed by atoms with Crippen molar-refractivity contribution in [3.63, 3.8) is 0 Å². The lowest BCUT2D eigenvalue weighted by Gasteiger charge is -2.45. The molecule has 1 aromatic heterocycles. The molecule has 1 aromatic rings. The van der Waals surface area contributed by atoms with E-state index in [1.807, 2.05) is 24.3 Å². The lowest BCUT2D eigenvalue weighted by Crippen LogP contribution is -2.42. The highest BCUT2D eigenvalue weighted by Gasteiger charge is 2.43. The van der Waals surface area contributed by atoms with Crippen LogP contribution in [0, 0.1) is 17.3 Å². The van der Waals surface area contributed by atoms with E-state index >= 15 is 0 Å². The Morgan fingerprint density at radius 3 is 2.69 bits per heavy atom. The molecular formula is C25H34Cl2O4S. The minimum absolute atomic E-state index is 0.0261. The molecule has 0 aliphatic heterocycles. The second-order valence-corrected chi connectivity index (χ2v) is 11.7. The van der Waals surface area contributed by atoms with Gasteiger partial charge in [0.2, 0.25) is 0 Å². The third-order valence-corrected chi connectivity index (χ3v) is 8.87. The Morgan fingerprint density at radius 1 is 1.28 bits per heavy atom. The summed E-state index contributed by atoms with van der Waals surface area (Å²) in [6.45, 7) is 0. The number of aliphatic hydroxyl groups is 2. The summed E-state index contributed by atoms with van der Waals surface area (Å²) in [5.74, 6) is -0.656. The molecular weight excluding hydrogens is 467 g/mol. The average Bonchev–Trinajstić information content (AvgIpc) is 3.23. The summed E-state index contributed by atoms with van der Waals surface area (Å²) < 4.78 is 0.789. The number of hydrogen-bond donors (Lipinski definition) is 3. The van der Waals surface area contributed by atoms with Gasteiger partial charge in [0, 0.05) is 28.0 Å². The van der Waals surface area contributed by atoms with E-state index in [1.54, 1.807) is 11.3 Å². The molecule has 7 heteroatoms. The van der Waals surface area contributed by atoms with Crippen LogP contribution in [0.4, 0.5) is 0 Å². The molecule has 0 radical (unpaired) electrons. The number of unbranched alkanes of at least 4 members (excludes halogenated alkanes) is 1. The fourth-order valence-corrected chi connectivity index (χ4v) is 6.77. The van der Waals surface area contributed by atoms with Gasteiger partial charge in [-0.3, -0.25) is 4.79 Å². The molecule has 2 aliphatic rings. The van der Waals surface area contributed by atoms with E-state index in [4.69, 9.17) is 28.3 Å². The number of thiophene rings is 1. The van der Waals surface area contributed by atoms with Crippen molar-refractivity contribution in [3.8, 4) is 0 Å². The third kappa shape index (κ3) is 6.83. The largest absolute Gasteiger partial charge is 0.481 e. The van der Waals surface area contributed by atoms with E-state index < -0.39 is 18.2 Å². The topological polar surface area (TPSA) is 77.8 Å². The summed E-state index contributed by atoms with van der Waals surface area (Å²) in [6, 6.07) is 3.98. The van der Waals surface area contributed by atoms with Crippen LogP contribution in [-0.2, 0) is 11.2 Å². The minimum atomic E-state index is -0.770. The number of aliphatic carboxylic acids is 1. The number of hydrogen-bond acceptors (Lipinski definition) is 4. The van der Waals surface area contributed by atoms with Gasteiger partial charge in [-0.2, -0.15) is 0 Å². The quantitative estimate of drug-likeness (QED) is 0.180. The van der Waals surface area contributed by atoms with Crippen LogP contribution in [0.25, 0.3) is 0 Å². The molecule has 0 amide bonds. The third-order valence-electron chi connectivity index (χ3n) is 7.14. The van der Waals surface area contributed by atoms with E-state index in [0.29, 0.717) is 19.3 Å². The van der Waals surface area contributed by atoms with Crippen LogP contribution in [0.2, 0.25) is 4.34 Å². The SMILES string of the molecule is O=C(O)CCC/C=C/CC1C(Cl)CC(O)C1/C=C/CC(O)C1(Cc2ccc(Cl)s2)CCC1. The Labute approximate surface area is 204 Å². The second-order valence-electron chi connectivity index (χ2n) is 9.33. The maximum atomic E-state index is 11.0. The Hall–Kier alpha value is -0.850. The zero-order valence-corrected chi connectivity index (χ0v) is 20.7. The van der Waals surface area contributed by atoms with Gasteiger partial charge >= 0.3 is 5.97 Å². The van der Waals surface area contributed by atoms with E-state index in [2.05, 4.69) is 12.1 Å². The fourth-order valence-electron chi connectivity index (χ4n) is 5.07. The Kier molecular flexibility index (Phi) is 9.69. The first-order valence-electron chi connectivity index (χ1n) is 11.6. The standard InChI is InChI=1S/C25H34Cl2O4S/c26-20-15-21(28)19(18(20)7-3-1-2-4-10-24(30)31)8-5-9-22(29)25(13-6-14-25)16-17-11-12-23(27)32-17/h1,3,5,8,11-12,18-22,28-29H,2,4,6-7,9-10,13-16H2,(H,30,31)/b3-1+,8-5+. The van der Waals surface area contributed by atoms with Gasteiger partial charge in [0.15, 0.2) is 0 Å². The number of rotatable bonds is 12. The number of alkyl halides is 1. The molecule has 5 unspecified atom stereocenters. The normalized spacial score (nSPS) is 28.4. The van der Waals surface area contributed by atoms with Crippen molar-refractivity contribution >= 4 is 40.5 Å². The number of allylic oxidation sites excluding steroid dienone is 2. The summed E-state index contributed by atoms with van der Waals surface area (Å²) in [7, 11) is 0. The summed E-state index contributed by atoms with van der Waals surface area (Å²) in [5, 5.41) is 30.1. The molecule has 178 valence electrons. The molecule has 0 spiro atoms. The van der Waals surface area contributed by atoms with Crippen LogP contribution in [-0.4, -0.2) is 38.9 Å². The molecule has 5 atom stereocenters. The van der Waals surface area contributed by atoms with E-state index in [1.165, 1.54) is 4.88 Å². The number of carbonyl (C=O) groups is 1. The zero-order valence-electron chi connectivity index (χ0n) is 18.3. The van der Waals surface area contributed by atoms with Crippen molar-refractivity contribution in [2.75, 3.05) is 0 Å². The summed E-state index contributed by atoms with van der Waals surface area (Å²) in [5.41, 5.74) is -0.0695. The number of halogens is 2. The van der Waals surface area contributed by atoms with Crippen molar-refractivity contribution in [1.29, 1.82) is 0 Å². The Morgan fingerprint density at radius 2 is 2.06 bits per heavy atom. The highest BCUT2D eigenvalue weighted by molar-refractivity contribution is 7.16. The van der Waals surface area contributed by atoms with Crippen molar-refractivity contribution in [2.24, 2.45) is 17.3 Å². The molecule has 3 N–H and O–H groups in total. The Balaban J connectivity index is 1.52. The van der Waals surface area contributed by atoms with E-state index in [-0.39, 0.29) is 29.0 Å². The smallest absolute Gasteiger partial charge is 0.303 e. The summed E-state index contributed by atoms with van der Waals surface area (Å²) in [6.07, 6.45) is 14.8. The zero-order chi connectivity index (χ0) is 23.1. The second kappa shape index (κ2) is 12.0. The first kappa shape index (κ1) is 25.8. The Bertz CT molecular complexity index is 802. The lowest BCUT2D eigenvalue weighted by atomic mass is 9.62. The number of carboxylic acids is 1. The molecule has 2 aliphatic carbocycles. The van der Waals surface area contributed by atoms with Crippen LogP contribution in [0.5, 0.6) is 0 Å². The van der Waals surface area contributed by atoms with Gasteiger partial charge < -0.3 is 15.3 Å². The highest BCUT2D eigenvalue weighted by atomic mass is 35.5. The first-order chi connectivity index (χ1) is 15.3. The number of carboxylic acid groups (broad SMARTS) is 1. The van der Waals surface area contributed by atoms with Crippen LogP contribution in [0.15, 0.2) is 36.4 Å². The molecule has 2 fully saturated rings. The molecule has 0 bridgehead atoms.